The molecule has 0 atom stereocenters. The van der Waals surface area contributed by atoms with Crippen LogP contribution in [0.3, 0.4) is 0 Å². The van der Waals surface area contributed by atoms with Gasteiger partial charge in [0.15, 0.2) is 0 Å². The van der Waals surface area contributed by atoms with Crippen LogP contribution in [-0.2, 0) is 27.1 Å². The van der Waals surface area contributed by atoms with Crippen molar-refractivity contribution in [1.29, 1.82) is 0 Å². The van der Waals surface area contributed by atoms with Gasteiger partial charge in [-0.2, -0.15) is 0 Å². The summed E-state index contributed by atoms with van der Waals surface area (Å²) in [5, 5.41) is 0. The lowest BCUT2D eigenvalue weighted by Gasteiger charge is -2.43. The number of hydrogen-bond donors (Lipinski definition) is 0. The molecule has 8 aromatic carbocycles. The van der Waals surface area contributed by atoms with Gasteiger partial charge in [0, 0.05) is 16.9 Å². The highest BCUT2D eigenvalue weighted by atomic mass is 15.1. The van der Waals surface area contributed by atoms with Gasteiger partial charge in [0.25, 0.3) is 0 Å². The zero-order valence-electron chi connectivity index (χ0n) is 40.2. The monoisotopic (exact) mass is 857 g/mol. The smallest absolute Gasteiger partial charge is 0.0714 e. The van der Waals surface area contributed by atoms with E-state index in [2.05, 4.69) is 248 Å². The second-order valence-electron chi connectivity index (χ2n) is 22.2. The number of nitrogens with zero attached hydrogens (tertiary/aromatic N) is 1. The van der Waals surface area contributed by atoms with Gasteiger partial charge in [0.05, 0.1) is 11.1 Å². The van der Waals surface area contributed by atoms with Crippen molar-refractivity contribution in [3.8, 4) is 33.4 Å². The summed E-state index contributed by atoms with van der Waals surface area (Å²) in [7, 11) is 0. The van der Waals surface area contributed by atoms with Crippen molar-refractivity contribution in [2.45, 2.75) is 108 Å². The molecule has 0 saturated carbocycles. The summed E-state index contributed by atoms with van der Waals surface area (Å²) in [6.45, 7) is 19.5. The van der Waals surface area contributed by atoms with Crippen LogP contribution in [0.25, 0.3) is 33.4 Å². The third kappa shape index (κ3) is 6.56. The van der Waals surface area contributed by atoms with E-state index in [0.29, 0.717) is 0 Å². The lowest BCUT2D eigenvalue weighted by molar-refractivity contribution is 0.332. The fourth-order valence-electron chi connectivity index (χ4n) is 12.4. The van der Waals surface area contributed by atoms with Gasteiger partial charge >= 0.3 is 0 Å². The first-order chi connectivity index (χ1) is 31.7. The molecule has 0 N–H and O–H groups in total. The van der Waals surface area contributed by atoms with E-state index in [9.17, 15) is 0 Å². The highest BCUT2D eigenvalue weighted by Gasteiger charge is 2.47. The average Bonchev–Trinajstić information content (AvgIpc) is 3.62. The molecule has 0 aliphatic heterocycles. The molecule has 0 heterocycles. The molecule has 3 aliphatic rings. The first-order valence-electron chi connectivity index (χ1n) is 24.4. The maximum absolute atomic E-state index is 2.58. The van der Waals surface area contributed by atoms with Gasteiger partial charge in [-0.1, -0.05) is 207 Å². The zero-order valence-corrected chi connectivity index (χ0v) is 40.2. The average molecular weight is 858 g/mol. The largest absolute Gasteiger partial charge is 0.310 e. The predicted molar refractivity (Wildman–Crippen MR) is 280 cm³/mol. The molecule has 0 saturated heterocycles. The Labute approximate surface area is 394 Å². The quantitative estimate of drug-likeness (QED) is 0.154. The van der Waals surface area contributed by atoms with Gasteiger partial charge in [-0.15, -0.1) is 0 Å². The van der Waals surface area contributed by atoms with E-state index in [0.717, 1.165) is 17.8 Å². The Morgan fingerprint density at radius 2 is 0.833 bits per heavy atom. The Morgan fingerprint density at radius 3 is 1.52 bits per heavy atom. The number of benzene rings is 8. The minimum absolute atomic E-state index is 0.0603. The van der Waals surface area contributed by atoms with Crippen LogP contribution in [0.1, 0.15) is 126 Å². The van der Waals surface area contributed by atoms with Crippen LogP contribution in [0.2, 0.25) is 0 Å². The summed E-state index contributed by atoms with van der Waals surface area (Å²) in [6, 6.07) is 71.8. The molecule has 3 aliphatic carbocycles. The van der Waals surface area contributed by atoms with E-state index in [1.807, 2.05) is 0 Å². The molecule has 11 rings (SSSR count). The van der Waals surface area contributed by atoms with Crippen molar-refractivity contribution in [2.75, 3.05) is 4.90 Å². The molecule has 0 radical (unpaired) electrons. The molecule has 1 heteroatoms. The molecule has 8 aromatic rings. The highest BCUT2D eigenvalue weighted by Crippen LogP contribution is 2.60. The molecular formula is C65H63N. The molecule has 0 amide bonds. The second-order valence-corrected chi connectivity index (χ2v) is 22.2. The number of anilines is 3. The third-order valence-corrected chi connectivity index (χ3v) is 16.3. The maximum Gasteiger partial charge on any atom is 0.0714 e. The van der Waals surface area contributed by atoms with E-state index < -0.39 is 5.41 Å². The Balaban J connectivity index is 1.24. The van der Waals surface area contributed by atoms with Crippen LogP contribution in [0.5, 0.6) is 0 Å². The number of fused-ring (bicyclic) bond motifs is 5. The number of rotatable bonds is 7. The van der Waals surface area contributed by atoms with Crippen LogP contribution in [0.4, 0.5) is 17.1 Å². The van der Waals surface area contributed by atoms with Crippen molar-refractivity contribution in [1.82, 2.24) is 0 Å². The molecule has 0 bridgehead atoms. The number of hydrogen-bond acceptors (Lipinski definition) is 1. The van der Waals surface area contributed by atoms with Gasteiger partial charge in [-0.05, 0) is 156 Å². The van der Waals surface area contributed by atoms with Crippen molar-refractivity contribution < 1.29 is 0 Å². The van der Waals surface area contributed by atoms with Gasteiger partial charge in [-0.25, -0.2) is 0 Å². The molecule has 66 heavy (non-hydrogen) atoms. The normalized spacial score (nSPS) is 17.8. The summed E-state index contributed by atoms with van der Waals surface area (Å²) in [6.07, 6.45) is 4.71. The highest BCUT2D eigenvalue weighted by molar-refractivity contribution is 5.97. The van der Waals surface area contributed by atoms with Crippen LogP contribution in [-0.4, -0.2) is 0 Å². The third-order valence-electron chi connectivity index (χ3n) is 16.3. The summed E-state index contributed by atoms with van der Waals surface area (Å²) in [5.41, 5.74) is 22.0. The minimum Gasteiger partial charge on any atom is -0.310 e. The van der Waals surface area contributed by atoms with E-state index in [4.69, 9.17) is 0 Å². The molecule has 0 aromatic heterocycles. The Bertz CT molecular complexity index is 3090. The predicted octanol–water partition coefficient (Wildman–Crippen LogP) is 17.6. The Hall–Kier alpha value is -6.44. The fraction of sp³-hybridized carbons (Fsp3) is 0.262. The minimum atomic E-state index is -0.546. The maximum atomic E-state index is 2.58. The van der Waals surface area contributed by atoms with Crippen molar-refractivity contribution in [3.05, 3.63) is 233 Å². The Morgan fingerprint density at radius 1 is 0.318 bits per heavy atom. The number of para-hydroxylation sites is 1. The van der Waals surface area contributed by atoms with Gasteiger partial charge in [0.1, 0.15) is 0 Å². The van der Waals surface area contributed by atoms with Crippen molar-refractivity contribution >= 4 is 17.1 Å². The summed E-state index contributed by atoms with van der Waals surface area (Å²) in [5.74, 6) is 0. The topological polar surface area (TPSA) is 3.24 Å². The van der Waals surface area contributed by atoms with Gasteiger partial charge in [0.2, 0.25) is 0 Å². The molecule has 1 nitrogen and oxygen atoms in total. The summed E-state index contributed by atoms with van der Waals surface area (Å²) in [4.78, 5) is 2.56. The molecular weight excluding hydrogens is 795 g/mol. The van der Waals surface area contributed by atoms with Crippen molar-refractivity contribution in [3.63, 3.8) is 0 Å². The van der Waals surface area contributed by atoms with E-state index in [1.54, 1.807) is 0 Å². The summed E-state index contributed by atoms with van der Waals surface area (Å²) < 4.78 is 0. The van der Waals surface area contributed by atoms with Gasteiger partial charge in [-0.3, -0.25) is 0 Å². The van der Waals surface area contributed by atoms with Crippen LogP contribution in [0.15, 0.2) is 188 Å². The van der Waals surface area contributed by atoms with Crippen LogP contribution in [0, 0.1) is 0 Å². The SMILES string of the molecule is CC1(C)CCC(C)(C)c2cc(-c3cc4c(cc3N(c3ccccc3)c3cccc(-c5cccc6c5C(C)(C)CCC6(C)C)c3)C(c3ccccc3)(c3ccccc3)c3ccccc3-4)ccc21. The fourth-order valence-corrected chi connectivity index (χ4v) is 12.4. The van der Waals surface area contributed by atoms with Crippen LogP contribution >= 0.6 is 0 Å². The standard InChI is InChI=1S/C65H63N/c1-61(2)36-37-63(5,6)58-41-45(34-35-55(58)61)52-42-53-51-30-18-19-32-54(51)65(46-23-12-9-13-24-46,47-25-14-10-15-26-47)57(53)43-59(52)66(48-27-16-11-17-28-48)49-29-20-22-44(40-49)50-31-21-33-56-60(50)64(7,8)39-38-62(56,3)4/h9-35,40-43H,36-39H2,1-8H3. The molecule has 328 valence electrons. The first kappa shape index (κ1) is 42.2. The van der Waals surface area contributed by atoms with E-state index >= 15 is 0 Å². The first-order valence-corrected chi connectivity index (χ1v) is 24.4. The Kier molecular flexibility index (Phi) is 9.79. The van der Waals surface area contributed by atoms with Crippen molar-refractivity contribution in [2.24, 2.45) is 0 Å². The molecule has 0 fully saturated rings. The van der Waals surface area contributed by atoms with Gasteiger partial charge < -0.3 is 4.90 Å². The lowest BCUT2D eigenvalue weighted by Crippen LogP contribution is -2.34. The zero-order chi connectivity index (χ0) is 45.6. The lowest BCUT2D eigenvalue weighted by atomic mass is 9.61. The van der Waals surface area contributed by atoms with Crippen LogP contribution < -0.4 is 4.90 Å². The van der Waals surface area contributed by atoms with E-state index in [1.165, 1.54) is 103 Å². The molecule has 0 unspecified atom stereocenters. The second kappa shape index (κ2) is 15.3. The van der Waals surface area contributed by atoms with E-state index in [-0.39, 0.29) is 21.7 Å². The summed E-state index contributed by atoms with van der Waals surface area (Å²) >= 11 is 0. The molecule has 0 spiro atoms.